The number of hydrogen-bond donors (Lipinski definition) is 0. The average Bonchev–Trinajstić information content (AvgIpc) is 2.15. The van der Waals surface area contributed by atoms with Gasteiger partial charge in [-0.15, -0.1) is 0 Å². The maximum Gasteiger partial charge on any atom is 0.247 e. The summed E-state index contributed by atoms with van der Waals surface area (Å²) >= 11 is 0. The van der Waals surface area contributed by atoms with Crippen LogP contribution in [0.25, 0.3) is 0 Å². The molecule has 0 saturated carbocycles. The molecule has 0 aliphatic carbocycles. The van der Waals surface area contributed by atoms with E-state index in [-0.39, 0.29) is 5.91 Å². The second kappa shape index (κ2) is 4.62. The Morgan fingerprint density at radius 2 is 2.46 bits per heavy atom. The number of hydroxylamine groups is 1. The first kappa shape index (κ1) is 9.74. The smallest absolute Gasteiger partial charge is 0.247 e. The maximum atomic E-state index is 11.1. The summed E-state index contributed by atoms with van der Waals surface area (Å²) in [6, 6.07) is 9.97. The molecule has 0 aliphatic rings. The van der Waals surface area contributed by atoms with Crippen LogP contribution in [0.3, 0.4) is 0 Å². The van der Waals surface area contributed by atoms with Gasteiger partial charge in [-0.25, -0.2) is 0 Å². The first-order valence-electron chi connectivity index (χ1n) is 4.15. The van der Waals surface area contributed by atoms with E-state index < -0.39 is 0 Å². The summed E-state index contributed by atoms with van der Waals surface area (Å²) in [5, 5.41) is 1.26. The van der Waals surface area contributed by atoms with Crippen LogP contribution >= 0.6 is 0 Å². The number of carbonyl (C=O) groups excluding carboxylic acids is 1. The lowest BCUT2D eigenvalue weighted by Crippen LogP contribution is -2.28. The SMILES string of the molecule is CCON(C(C)=O)c1c[c]ccc1. The predicted octanol–water partition coefficient (Wildman–Crippen LogP) is 1.79. The van der Waals surface area contributed by atoms with Gasteiger partial charge in [-0.1, -0.05) is 12.1 Å². The topological polar surface area (TPSA) is 29.5 Å². The standard InChI is InChI=1S/C10H12NO2/c1-3-13-11(9(2)12)10-7-5-4-6-8-10/h4-5,7-8H,3H2,1-2H3. The van der Waals surface area contributed by atoms with Crippen molar-refractivity contribution in [1.29, 1.82) is 0 Å². The van der Waals surface area contributed by atoms with Crippen LogP contribution in [0.4, 0.5) is 5.69 Å². The Hall–Kier alpha value is -1.35. The minimum atomic E-state index is -0.138. The third-order valence-corrected chi connectivity index (χ3v) is 1.47. The van der Waals surface area contributed by atoms with E-state index in [2.05, 4.69) is 6.07 Å². The molecule has 13 heavy (non-hydrogen) atoms. The molecule has 0 atom stereocenters. The molecule has 1 radical (unpaired) electrons. The zero-order valence-corrected chi connectivity index (χ0v) is 7.78. The van der Waals surface area contributed by atoms with Crippen molar-refractivity contribution in [2.45, 2.75) is 13.8 Å². The predicted molar refractivity (Wildman–Crippen MR) is 50.1 cm³/mol. The van der Waals surface area contributed by atoms with Gasteiger partial charge in [-0.3, -0.25) is 9.63 Å². The molecule has 0 unspecified atom stereocenters. The Bertz CT molecular complexity index is 272. The van der Waals surface area contributed by atoms with Crippen molar-refractivity contribution in [3.05, 3.63) is 30.3 Å². The lowest BCUT2D eigenvalue weighted by molar-refractivity contribution is -0.123. The van der Waals surface area contributed by atoms with Crippen molar-refractivity contribution in [1.82, 2.24) is 0 Å². The Labute approximate surface area is 77.9 Å². The van der Waals surface area contributed by atoms with Crippen molar-refractivity contribution in [2.75, 3.05) is 11.7 Å². The van der Waals surface area contributed by atoms with Crippen molar-refractivity contribution in [3.63, 3.8) is 0 Å². The van der Waals surface area contributed by atoms with Gasteiger partial charge in [0.25, 0.3) is 0 Å². The van der Waals surface area contributed by atoms with Gasteiger partial charge < -0.3 is 0 Å². The van der Waals surface area contributed by atoms with Gasteiger partial charge in [-0.2, -0.15) is 5.06 Å². The number of benzene rings is 1. The van der Waals surface area contributed by atoms with E-state index in [0.29, 0.717) is 12.3 Å². The lowest BCUT2D eigenvalue weighted by Gasteiger charge is -2.18. The number of amides is 1. The summed E-state index contributed by atoms with van der Waals surface area (Å²) in [7, 11) is 0. The van der Waals surface area contributed by atoms with Crippen molar-refractivity contribution in [3.8, 4) is 0 Å². The molecule has 0 fully saturated rings. The monoisotopic (exact) mass is 178 g/mol. The molecule has 0 heterocycles. The van der Waals surface area contributed by atoms with E-state index in [9.17, 15) is 4.79 Å². The van der Waals surface area contributed by atoms with Gasteiger partial charge in [0.15, 0.2) is 0 Å². The van der Waals surface area contributed by atoms with Crippen LogP contribution in [0.5, 0.6) is 0 Å². The summed E-state index contributed by atoms with van der Waals surface area (Å²) in [5.74, 6) is -0.138. The van der Waals surface area contributed by atoms with E-state index >= 15 is 0 Å². The van der Waals surface area contributed by atoms with E-state index in [4.69, 9.17) is 4.84 Å². The Morgan fingerprint density at radius 1 is 1.69 bits per heavy atom. The van der Waals surface area contributed by atoms with Gasteiger partial charge in [0.1, 0.15) is 0 Å². The second-order valence-electron chi connectivity index (χ2n) is 2.49. The molecular weight excluding hydrogens is 166 g/mol. The molecule has 3 nitrogen and oxygen atoms in total. The van der Waals surface area contributed by atoms with Crippen molar-refractivity contribution >= 4 is 11.6 Å². The van der Waals surface area contributed by atoms with Crippen LogP contribution in [0.1, 0.15) is 13.8 Å². The second-order valence-corrected chi connectivity index (χ2v) is 2.49. The average molecular weight is 178 g/mol. The molecule has 0 aliphatic heterocycles. The first-order chi connectivity index (χ1) is 6.25. The van der Waals surface area contributed by atoms with Gasteiger partial charge in [0.2, 0.25) is 5.91 Å². The summed E-state index contributed by atoms with van der Waals surface area (Å²) in [6.45, 7) is 3.76. The fourth-order valence-corrected chi connectivity index (χ4v) is 0.987. The van der Waals surface area contributed by atoms with Crippen molar-refractivity contribution in [2.24, 2.45) is 0 Å². The zero-order chi connectivity index (χ0) is 9.68. The summed E-state index contributed by atoms with van der Waals surface area (Å²) < 4.78 is 0. The number of rotatable bonds is 3. The molecule has 3 heteroatoms. The molecular formula is C10H12NO2. The van der Waals surface area contributed by atoms with Crippen molar-refractivity contribution < 1.29 is 9.63 Å². The number of carbonyl (C=O) groups is 1. The molecule has 0 saturated heterocycles. The third-order valence-electron chi connectivity index (χ3n) is 1.47. The summed E-state index contributed by atoms with van der Waals surface area (Å²) in [5.41, 5.74) is 0.705. The fourth-order valence-electron chi connectivity index (χ4n) is 0.987. The largest absolute Gasteiger partial charge is 0.273 e. The van der Waals surface area contributed by atoms with Crippen LogP contribution in [0, 0.1) is 6.07 Å². The van der Waals surface area contributed by atoms with Crippen LogP contribution in [-0.2, 0) is 9.63 Å². The Kier molecular flexibility index (Phi) is 3.46. The van der Waals surface area contributed by atoms with E-state index in [1.807, 2.05) is 13.0 Å². The Balaban J connectivity index is 2.82. The van der Waals surface area contributed by atoms with Gasteiger partial charge in [-0.05, 0) is 25.1 Å². The first-order valence-corrected chi connectivity index (χ1v) is 4.15. The molecule has 0 bridgehead atoms. The minimum absolute atomic E-state index is 0.138. The zero-order valence-electron chi connectivity index (χ0n) is 7.78. The summed E-state index contributed by atoms with van der Waals surface area (Å²) in [4.78, 5) is 16.3. The number of nitrogens with zero attached hydrogens (tertiary/aromatic N) is 1. The van der Waals surface area contributed by atoms with Gasteiger partial charge in [0.05, 0.1) is 12.3 Å². The fraction of sp³-hybridized carbons (Fsp3) is 0.300. The number of hydrogen-bond acceptors (Lipinski definition) is 2. The minimum Gasteiger partial charge on any atom is -0.273 e. The van der Waals surface area contributed by atoms with E-state index in [1.54, 1.807) is 18.2 Å². The molecule has 0 N–H and O–H groups in total. The van der Waals surface area contributed by atoms with Gasteiger partial charge in [0, 0.05) is 6.92 Å². The van der Waals surface area contributed by atoms with Crippen LogP contribution < -0.4 is 5.06 Å². The lowest BCUT2D eigenvalue weighted by atomic mass is 10.3. The highest BCUT2D eigenvalue weighted by Crippen LogP contribution is 2.12. The highest BCUT2D eigenvalue weighted by molar-refractivity contribution is 5.89. The highest BCUT2D eigenvalue weighted by atomic mass is 16.7. The van der Waals surface area contributed by atoms with E-state index in [0.717, 1.165) is 0 Å². The molecule has 69 valence electrons. The van der Waals surface area contributed by atoms with Crippen LogP contribution in [-0.4, -0.2) is 12.5 Å². The summed E-state index contributed by atoms with van der Waals surface area (Å²) in [6.07, 6.45) is 0. The van der Waals surface area contributed by atoms with Crippen LogP contribution in [0.15, 0.2) is 24.3 Å². The van der Waals surface area contributed by atoms with E-state index in [1.165, 1.54) is 12.0 Å². The molecule has 1 amide bonds. The Morgan fingerprint density at radius 3 is 2.92 bits per heavy atom. The molecule has 0 spiro atoms. The maximum absolute atomic E-state index is 11.1. The van der Waals surface area contributed by atoms with Gasteiger partial charge >= 0.3 is 0 Å². The normalized spacial score (nSPS) is 9.69. The molecule has 1 aromatic carbocycles. The third kappa shape index (κ3) is 2.56. The highest BCUT2D eigenvalue weighted by Gasteiger charge is 2.09. The number of anilines is 1. The molecule has 1 rings (SSSR count). The molecule has 0 aromatic heterocycles. The quantitative estimate of drug-likeness (QED) is 0.660. The molecule has 1 aromatic rings. The van der Waals surface area contributed by atoms with Crippen LogP contribution in [0.2, 0.25) is 0 Å².